The van der Waals surface area contributed by atoms with Gasteiger partial charge in [0.1, 0.15) is 0 Å². The van der Waals surface area contributed by atoms with Crippen molar-refractivity contribution in [2.45, 2.75) is 13.3 Å². The minimum atomic E-state index is 0.00985. The van der Waals surface area contributed by atoms with Crippen molar-refractivity contribution in [3.8, 4) is 0 Å². The number of hydrogen-bond donors (Lipinski definition) is 1. The van der Waals surface area contributed by atoms with E-state index >= 15 is 0 Å². The Morgan fingerprint density at radius 2 is 2.13 bits per heavy atom. The molecule has 4 heteroatoms. The van der Waals surface area contributed by atoms with Gasteiger partial charge in [-0.2, -0.15) is 0 Å². The molecule has 1 aromatic heterocycles. The van der Waals surface area contributed by atoms with E-state index in [9.17, 15) is 4.79 Å². The van der Waals surface area contributed by atoms with Crippen molar-refractivity contribution in [2.75, 3.05) is 19.7 Å². The van der Waals surface area contributed by atoms with Crippen LogP contribution in [-0.4, -0.2) is 40.6 Å². The standard InChI is InChI=1S/C11H16N2O2/c1-2-13(7-8-14)11(15)9-10-3-5-12-6-4-10/h3-6,14H,2,7-9H2,1H3. The number of aliphatic hydroxyl groups excluding tert-OH is 1. The number of pyridine rings is 1. The zero-order valence-electron chi connectivity index (χ0n) is 8.89. The molecular formula is C11H16N2O2. The second-order valence-electron chi connectivity index (χ2n) is 3.23. The summed E-state index contributed by atoms with van der Waals surface area (Å²) in [6.07, 6.45) is 3.71. The Hall–Kier alpha value is -1.42. The van der Waals surface area contributed by atoms with Crippen LogP contribution in [0, 0.1) is 0 Å². The number of aliphatic hydroxyl groups is 1. The lowest BCUT2D eigenvalue weighted by Crippen LogP contribution is -2.34. The monoisotopic (exact) mass is 208 g/mol. The van der Waals surface area contributed by atoms with Gasteiger partial charge in [0.15, 0.2) is 0 Å². The second-order valence-corrected chi connectivity index (χ2v) is 3.23. The smallest absolute Gasteiger partial charge is 0.227 e. The second kappa shape index (κ2) is 6.14. The molecule has 0 aliphatic carbocycles. The first-order valence-corrected chi connectivity index (χ1v) is 5.05. The van der Waals surface area contributed by atoms with Crippen LogP contribution in [0.25, 0.3) is 0 Å². The average molecular weight is 208 g/mol. The minimum absolute atomic E-state index is 0.00985. The van der Waals surface area contributed by atoms with Gasteiger partial charge in [-0.05, 0) is 24.6 Å². The quantitative estimate of drug-likeness (QED) is 0.765. The number of amides is 1. The van der Waals surface area contributed by atoms with E-state index in [1.54, 1.807) is 17.3 Å². The molecule has 15 heavy (non-hydrogen) atoms. The summed E-state index contributed by atoms with van der Waals surface area (Å²) in [5.74, 6) is 0.0396. The van der Waals surface area contributed by atoms with Crippen molar-refractivity contribution in [3.63, 3.8) is 0 Å². The van der Waals surface area contributed by atoms with E-state index in [4.69, 9.17) is 5.11 Å². The van der Waals surface area contributed by atoms with Crippen molar-refractivity contribution >= 4 is 5.91 Å². The first-order chi connectivity index (χ1) is 7.27. The molecule has 0 spiro atoms. The summed E-state index contributed by atoms with van der Waals surface area (Å²) >= 11 is 0. The lowest BCUT2D eigenvalue weighted by Gasteiger charge is -2.19. The molecular weight excluding hydrogens is 192 g/mol. The van der Waals surface area contributed by atoms with Crippen LogP contribution >= 0.6 is 0 Å². The number of likely N-dealkylation sites (N-methyl/N-ethyl adjacent to an activating group) is 1. The van der Waals surface area contributed by atoms with Crippen LogP contribution < -0.4 is 0 Å². The van der Waals surface area contributed by atoms with E-state index in [0.29, 0.717) is 19.5 Å². The van der Waals surface area contributed by atoms with E-state index in [1.165, 1.54) is 0 Å². The lowest BCUT2D eigenvalue weighted by atomic mass is 10.2. The lowest BCUT2D eigenvalue weighted by molar-refractivity contribution is -0.130. The van der Waals surface area contributed by atoms with E-state index in [0.717, 1.165) is 5.56 Å². The van der Waals surface area contributed by atoms with Crippen LogP contribution in [0.4, 0.5) is 0 Å². The fourth-order valence-corrected chi connectivity index (χ4v) is 1.37. The van der Waals surface area contributed by atoms with Gasteiger partial charge in [0, 0.05) is 25.5 Å². The molecule has 1 amide bonds. The number of nitrogens with zero attached hydrogens (tertiary/aromatic N) is 2. The maximum absolute atomic E-state index is 11.7. The number of carbonyl (C=O) groups is 1. The van der Waals surface area contributed by atoms with Gasteiger partial charge in [0.25, 0.3) is 0 Å². The van der Waals surface area contributed by atoms with E-state index in [2.05, 4.69) is 4.98 Å². The average Bonchev–Trinajstić information content (AvgIpc) is 2.27. The van der Waals surface area contributed by atoms with Crippen molar-refractivity contribution in [3.05, 3.63) is 30.1 Å². The summed E-state index contributed by atoms with van der Waals surface area (Å²) in [7, 11) is 0. The maximum Gasteiger partial charge on any atom is 0.227 e. The Balaban J connectivity index is 2.54. The Kier molecular flexibility index (Phi) is 4.77. The highest BCUT2D eigenvalue weighted by Gasteiger charge is 2.10. The zero-order chi connectivity index (χ0) is 11.1. The number of hydrogen-bond acceptors (Lipinski definition) is 3. The SMILES string of the molecule is CCN(CCO)C(=O)Cc1ccncc1. The summed E-state index contributed by atoms with van der Waals surface area (Å²) in [4.78, 5) is 17.3. The largest absolute Gasteiger partial charge is 0.395 e. The Labute approximate surface area is 89.6 Å². The Bertz CT molecular complexity index is 301. The molecule has 1 rings (SSSR count). The highest BCUT2D eigenvalue weighted by molar-refractivity contribution is 5.78. The van der Waals surface area contributed by atoms with Crippen LogP contribution in [0.2, 0.25) is 0 Å². The van der Waals surface area contributed by atoms with Gasteiger partial charge < -0.3 is 10.0 Å². The fraction of sp³-hybridized carbons (Fsp3) is 0.455. The summed E-state index contributed by atoms with van der Waals surface area (Å²) in [6.45, 7) is 2.95. The summed E-state index contributed by atoms with van der Waals surface area (Å²) in [5, 5.41) is 8.78. The van der Waals surface area contributed by atoms with Crippen molar-refractivity contribution in [1.82, 2.24) is 9.88 Å². The molecule has 0 aliphatic rings. The summed E-state index contributed by atoms with van der Waals surface area (Å²) in [6, 6.07) is 3.65. The third kappa shape index (κ3) is 3.67. The molecule has 0 aliphatic heterocycles. The normalized spacial score (nSPS) is 10.0. The highest BCUT2D eigenvalue weighted by atomic mass is 16.3. The van der Waals surface area contributed by atoms with Gasteiger partial charge in [-0.1, -0.05) is 0 Å². The molecule has 0 fully saturated rings. The molecule has 4 nitrogen and oxygen atoms in total. The molecule has 0 bridgehead atoms. The van der Waals surface area contributed by atoms with Crippen molar-refractivity contribution in [1.29, 1.82) is 0 Å². The van der Waals surface area contributed by atoms with Gasteiger partial charge in [-0.15, -0.1) is 0 Å². The molecule has 0 saturated heterocycles. The predicted octanol–water partition coefficient (Wildman–Crippen LogP) is 0.465. The third-order valence-corrected chi connectivity index (χ3v) is 2.21. The predicted molar refractivity (Wildman–Crippen MR) is 57.3 cm³/mol. The molecule has 0 unspecified atom stereocenters. The van der Waals surface area contributed by atoms with Gasteiger partial charge >= 0.3 is 0 Å². The first kappa shape index (κ1) is 11.7. The molecule has 1 aromatic rings. The molecule has 0 saturated carbocycles. The van der Waals surface area contributed by atoms with Crippen LogP contribution in [0.3, 0.4) is 0 Å². The fourth-order valence-electron chi connectivity index (χ4n) is 1.37. The van der Waals surface area contributed by atoms with Gasteiger partial charge in [0.2, 0.25) is 5.91 Å². The number of carbonyl (C=O) groups excluding carboxylic acids is 1. The number of rotatable bonds is 5. The Morgan fingerprint density at radius 1 is 1.47 bits per heavy atom. The molecule has 0 atom stereocenters. The van der Waals surface area contributed by atoms with Crippen LogP contribution in [0.5, 0.6) is 0 Å². The number of aromatic nitrogens is 1. The maximum atomic E-state index is 11.7. The van der Waals surface area contributed by atoms with Crippen LogP contribution in [0.1, 0.15) is 12.5 Å². The molecule has 1 N–H and O–H groups in total. The Morgan fingerprint density at radius 3 is 2.67 bits per heavy atom. The molecule has 0 radical (unpaired) electrons. The topological polar surface area (TPSA) is 53.4 Å². The van der Waals surface area contributed by atoms with E-state index in [-0.39, 0.29) is 12.5 Å². The van der Waals surface area contributed by atoms with Gasteiger partial charge in [-0.25, -0.2) is 0 Å². The summed E-state index contributed by atoms with van der Waals surface area (Å²) < 4.78 is 0. The van der Waals surface area contributed by atoms with Gasteiger partial charge in [-0.3, -0.25) is 9.78 Å². The molecule has 82 valence electrons. The van der Waals surface area contributed by atoms with Crippen molar-refractivity contribution < 1.29 is 9.90 Å². The van der Waals surface area contributed by atoms with Crippen LogP contribution in [-0.2, 0) is 11.2 Å². The highest BCUT2D eigenvalue weighted by Crippen LogP contribution is 2.01. The minimum Gasteiger partial charge on any atom is -0.395 e. The third-order valence-electron chi connectivity index (χ3n) is 2.21. The zero-order valence-corrected chi connectivity index (χ0v) is 8.89. The van der Waals surface area contributed by atoms with E-state index < -0.39 is 0 Å². The molecule has 0 aromatic carbocycles. The van der Waals surface area contributed by atoms with Gasteiger partial charge in [0.05, 0.1) is 13.0 Å². The van der Waals surface area contributed by atoms with Crippen LogP contribution in [0.15, 0.2) is 24.5 Å². The van der Waals surface area contributed by atoms with Crippen molar-refractivity contribution in [2.24, 2.45) is 0 Å². The van der Waals surface area contributed by atoms with E-state index in [1.807, 2.05) is 19.1 Å². The summed E-state index contributed by atoms with van der Waals surface area (Å²) in [5.41, 5.74) is 0.950. The first-order valence-electron chi connectivity index (χ1n) is 5.05. The molecule has 1 heterocycles.